The number of aryl methyl sites for hydroxylation is 1. The summed E-state index contributed by atoms with van der Waals surface area (Å²) in [4.78, 5) is 20.5. The fourth-order valence-corrected chi connectivity index (χ4v) is 5.16. The van der Waals surface area contributed by atoms with E-state index in [1.165, 1.54) is 5.56 Å². The van der Waals surface area contributed by atoms with Crippen molar-refractivity contribution in [3.8, 4) is 0 Å². The zero-order valence-corrected chi connectivity index (χ0v) is 22.2. The van der Waals surface area contributed by atoms with E-state index in [2.05, 4.69) is 51.9 Å². The maximum Gasteiger partial charge on any atom is 0.255 e. The summed E-state index contributed by atoms with van der Waals surface area (Å²) in [6.45, 7) is 3.90. The minimum Gasteiger partial charge on any atom is -0.378 e. The molecule has 7 nitrogen and oxygen atoms in total. The minimum atomic E-state index is -0.421. The van der Waals surface area contributed by atoms with Crippen molar-refractivity contribution in [3.05, 3.63) is 107 Å². The third-order valence-electron chi connectivity index (χ3n) is 6.41. The minimum absolute atomic E-state index is 0.166. The molecule has 0 saturated heterocycles. The van der Waals surface area contributed by atoms with Gasteiger partial charge in [-0.3, -0.25) is 4.79 Å². The molecule has 37 heavy (non-hydrogen) atoms. The standard InChI is InChI=1S/C29H30N6OS/c1-19-10-8-9-13-24(19)31-27(36)25-20(2)30-28-32-29(37-18-21-11-6-5-7-12-21)33-35(28)26(25)22-14-16-23(17-15-22)34(3)4/h5-17,26H,18H2,1-4H3,(H,31,36)(H,30,32,33). The number of thioether (sulfide) groups is 1. The molecule has 5 rings (SSSR count). The first-order valence-electron chi connectivity index (χ1n) is 12.2. The highest BCUT2D eigenvalue weighted by atomic mass is 32.2. The first-order valence-corrected chi connectivity index (χ1v) is 13.1. The van der Waals surface area contributed by atoms with Gasteiger partial charge in [0.1, 0.15) is 6.04 Å². The topological polar surface area (TPSA) is 75.1 Å². The van der Waals surface area contributed by atoms with Gasteiger partial charge in [0.05, 0.1) is 5.57 Å². The SMILES string of the molecule is CC1=C(C(=O)Nc2ccccc2C)C(c2ccc(N(C)C)cc2)n2nc(SCc3ccccc3)nc2N1. The molecule has 0 bridgehead atoms. The van der Waals surface area contributed by atoms with Gasteiger partial charge in [0.25, 0.3) is 5.91 Å². The van der Waals surface area contributed by atoms with Crippen molar-refractivity contribution in [1.29, 1.82) is 0 Å². The van der Waals surface area contributed by atoms with Crippen molar-refractivity contribution in [2.24, 2.45) is 0 Å². The first kappa shape index (κ1) is 24.6. The number of carbonyl (C=O) groups is 1. The molecule has 0 radical (unpaired) electrons. The summed E-state index contributed by atoms with van der Waals surface area (Å²) >= 11 is 1.58. The molecule has 2 heterocycles. The zero-order chi connectivity index (χ0) is 25.9. The lowest BCUT2D eigenvalue weighted by Gasteiger charge is -2.29. The molecule has 1 amide bonds. The molecule has 0 saturated carbocycles. The quantitative estimate of drug-likeness (QED) is 0.303. The smallest absolute Gasteiger partial charge is 0.255 e. The Labute approximate surface area is 221 Å². The van der Waals surface area contributed by atoms with Gasteiger partial charge in [0, 0.05) is 36.9 Å². The van der Waals surface area contributed by atoms with Crippen molar-refractivity contribution >= 4 is 35.0 Å². The number of nitrogens with zero attached hydrogens (tertiary/aromatic N) is 4. The summed E-state index contributed by atoms with van der Waals surface area (Å²) in [5.41, 5.74) is 6.42. The summed E-state index contributed by atoms with van der Waals surface area (Å²) < 4.78 is 1.83. The molecule has 1 aliphatic heterocycles. The molecule has 1 aliphatic rings. The van der Waals surface area contributed by atoms with E-state index in [9.17, 15) is 4.79 Å². The van der Waals surface area contributed by atoms with Crippen molar-refractivity contribution in [1.82, 2.24) is 14.8 Å². The second-order valence-electron chi connectivity index (χ2n) is 9.26. The molecule has 0 aliphatic carbocycles. The van der Waals surface area contributed by atoms with Crippen LogP contribution in [0.3, 0.4) is 0 Å². The highest BCUT2D eigenvalue weighted by Gasteiger charge is 2.34. The molecule has 3 aromatic carbocycles. The van der Waals surface area contributed by atoms with Gasteiger partial charge in [-0.1, -0.05) is 72.4 Å². The Hall–Kier alpha value is -4.04. The molecule has 1 unspecified atom stereocenters. The van der Waals surface area contributed by atoms with Gasteiger partial charge in [-0.05, 0) is 48.7 Å². The number of aromatic nitrogens is 3. The lowest BCUT2D eigenvalue weighted by atomic mass is 9.94. The van der Waals surface area contributed by atoms with E-state index < -0.39 is 6.04 Å². The van der Waals surface area contributed by atoms with Gasteiger partial charge in [-0.2, -0.15) is 4.98 Å². The number of para-hydroxylation sites is 1. The number of nitrogens with one attached hydrogen (secondary N) is 2. The molecule has 1 aromatic heterocycles. The monoisotopic (exact) mass is 510 g/mol. The molecule has 1 atom stereocenters. The molecule has 2 N–H and O–H groups in total. The largest absolute Gasteiger partial charge is 0.378 e. The Morgan fingerprint density at radius 3 is 2.41 bits per heavy atom. The molecule has 188 valence electrons. The normalized spacial score (nSPS) is 14.6. The summed E-state index contributed by atoms with van der Waals surface area (Å²) in [6.07, 6.45) is 0. The van der Waals surface area contributed by atoms with Crippen LogP contribution in [-0.2, 0) is 10.5 Å². The molecular formula is C29H30N6OS. The summed E-state index contributed by atoms with van der Waals surface area (Å²) in [7, 11) is 4.02. The maximum atomic E-state index is 13.7. The predicted molar refractivity (Wildman–Crippen MR) is 151 cm³/mol. The van der Waals surface area contributed by atoms with Crippen LogP contribution in [0.25, 0.3) is 0 Å². The Morgan fingerprint density at radius 1 is 1.00 bits per heavy atom. The van der Waals surface area contributed by atoms with Crippen LogP contribution >= 0.6 is 11.8 Å². The third-order valence-corrected chi connectivity index (χ3v) is 7.32. The lowest BCUT2D eigenvalue weighted by Crippen LogP contribution is -2.31. The number of anilines is 3. The number of rotatable bonds is 7. The third kappa shape index (κ3) is 5.24. The Morgan fingerprint density at radius 2 is 1.70 bits per heavy atom. The van der Waals surface area contributed by atoms with Crippen LogP contribution in [0.1, 0.15) is 29.7 Å². The maximum absolute atomic E-state index is 13.7. The molecule has 4 aromatic rings. The fraction of sp³-hybridized carbons (Fsp3) is 0.207. The zero-order valence-electron chi connectivity index (χ0n) is 21.4. The van der Waals surface area contributed by atoms with Gasteiger partial charge < -0.3 is 15.5 Å². The van der Waals surface area contributed by atoms with E-state index in [0.29, 0.717) is 16.7 Å². The van der Waals surface area contributed by atoms with Crippen LogP contribution in [0, 0.1) is 6.92 Å². The fourth-order valence-electron chi connectivity index (χ4n) is 4.37. The number of carbonyl (C=O) groups excluding carboxylic acids is 1. The average molecular weight is 511 g/mol. The Balaban J connectivity index is 1.51. The number of benzene rings is 3. The van der Waals surface area contributed by atoms with E-state index in [0.717, 1.165) is 34.0 Å². The van der Waals surface area contributed by atoms with Gasteiger partial charge >= 0.3 is 0 Å². The number of hydrogen-bond donors (Lipinski definition) is 2. The Kier molecular flexibility index (Phi) is 7.01. The van der Waals surface area contributed by atoms with Crippen LogP contribution in [0.5, 0.6) is 0 Å². The number of allylic oxidation sites excluding steroid dienone is 1. The molecule has 0 spiro atoms. The van der Waals surface area contributed by atoms with E-state index >= 15 is 0 Å². The highest BCUT2D eigenvalue weighted by Crippen LogP contribution is 2.37. The van der Waals surface area contributed by atoms with Crippen LogP contribution in [0.4, 0.5) is 17.3 Å². The van der Waals surface area contributed by atoms with Crippen LogP contribution in [-0.4, -0.2) is 34.8 Å². The number of hydrogen-bond acceptors (Lipinski definition) is 6. The number of amides is 1. The Bertz CT molecular complexity index is 1440. The van der Waals surface area contributed by atoms with E-state index in [4.69, 9.17) is 10.1 Å². The summed E-state index contributed by atoms with van der Waals surface area (Å²) in [5.74, 6) is 1.22. The van der Waals surface area contributed by atoms with Crippen LogP contribution in [0.2, 0.25) is 0 Å². The second kappa shape index (κ2) is 10.5. The van der Waals surface area contributed by atoms with Crippen molar-refractivity contribution in [2.75, 3.05) is 29.6 Å². The van der Waals surface area contributed by atoms with E-state index in [1.807, 2.05) is 75.1 Å². The van der Waals surface area contributed by atoms with Crippen molar-refractivity contribution in [2.45, 2.75) is 30.8 Å². The second-order valence-corrected chi connectivity index (χ2v) is 10.2. The van der Waals surface area contributed by atoms with Crippen molar-refractivity contribution < 1.29 is 4.79 Å². The van der Waals surface area contributed by atoms with Gasteiger partial charge in [-0.15, -0.1) is 5.10 Å². The van der Waals surface area contributed by atoms with Crippen LogP contribution in [0.15, 0.2) is 95.3 Å². The highest BCUT2D eigenvalue weighted by molar-refractivity contribution is 7.98. The summed E-state index contributed by atoms with van der Waals surface area (Å²) in [6, 6.07) is 25.9. The van der Waals surface area contributed by atoms with Crippen molar-refractivity contribution in [3.63, 3.8) is 0 Å². The molecule has 8 heteroatoms. The number of fused-ring (bicyclic) bond motifs is 1. The summed E-state index contributed by atoms with van der Waals surface area (Å²) in [5, 5.41) is 12.0. The van der Waals surface area contributed by atoms with Gasteiger partial charge in [0.15, 0.2) is 0 Å². The predicted octanol–water partition coefficient (Wildman–Crippen LogP) is 5.87. The first-order chi connectivity index (χ1) is 17.9. The lowest BCUT2D eigenvalue weighted by molar-refractivity contribution is -0.113. The van der Waals surface area contributed by atoms with Gasteiger partial charge in [-0.25, -0.2) is 4.68 Å². The van der Waals surface area contributed by atoms with E-state index in [-0.39, 0.29) is 5.91 Å². The van der Waals surface area contributed by atoms with Crippen LogP contribution < -0.4 is 15.5 Å². The average Bonchev–Trinajstić information content (AvgIpc) is 3.31. The molecular weight excluding hydrogens is 480 g/mol. The van der Waals surface area contributed by atoms with Gasteiger partial charge in [0.2, 0.25) is 11.1 Å². The molecule has 0 fully saturated rings. The van der Waals surface area contributed by atoms with E-state index in [1.54, 1.807) is 11.8 Å².